The fourth-order valence-corrected chi connectivity index (χ4v) is 3.61. The van der Waals surface area contributed by atoms with Gasteiger partial charge in [0.1, 0.15) is 6.54 Å². The van der Waals surface area contributed by atoms with E-state index in [0.717, 1.165) is 45.2 Å². The average Bonchev–Trinajstić information content (AvgIpc) is 3.02. The Morgan fingerprint density at radius 3 is 2.95 bits per heavy atom. The van der Waals surface area contributed by atoms with Crippen molar-refractivity contribution in [3.63, 3.8) is 0 Å². The molecule has 5 heteroatoms. The lowest BCUT2D eigenvalue weighted by Gasteiger charge is -2.42. The van der Waals surface area contributed by atoms with Gasteiger partial charge in [-0.2, -0.15) is 0 Å². The summed E-state index contributed by atoms with van der Waals surface area (Å²) in [7, 11) is 0. The first-order chi connectivity index (χ1) is 9.20. The minimum Gasteiger partial charge on any atom is -0.392 e. The van der Waals surface area contributed by atoms with E-state index in [9.17, 15) is 9.90 Å². The number of aliphatic hydroxyl groups is 1. The number of hydrogen-bond donors (Lipinski definition) is 1. The second kappa shape index (κ2) is 4.96. The molecule has 1 saturated heterocycles. The second-order valence-corrected chi connectivity index (χ2v) is 5.92. The molecule has 104 valence electrons. The monoisotopic (exact) mass is 263 g/mol. The van der Waals surface area contributed by atoms with E-state index in [1.807, 2.05) is 11.1 Å². The number of aromatic nitrogens is 2. The first kappa shape index (κ1) is 12.7. The third-order valence-electron chi connectivity index (χ3n) is 4.70. The van der Waals surface area contributed by atoms with Gasteiger partial charge in [-0.15, -0.1) is 0 Å². The van der Waals surface area contributed by atoms with Crippen LogP contribution in [0.3, 0.4) is 0 Å². The maximum absolute atomic E-state index is 12.3. The molecule has 1 saturated carbocycles. The van der Waals surface area contributed by atoms with Crippen LogP contribution in [0.5, 0.6) is 0 Å². The molecule has 2 aliphatic rings. The van der Waals surface area contributed by atoms with Crippen LogP contribution in [0.2, 0.25) is 0 Å². The molecule has 0 unspecified atom stereocenters. The van der Waals surface area contributed by atoms with E-state index in [0.29, 0.717) is 6.54 Å². The molecule has 1 amide bonds. The van der Waals surface area contributed by atoms with E-state index in [-0.39, 0.29) is 17.4 Å². The molecule has 3 rings (SSSR count). The van der Waals surface area contributed by atoms with E-state index in [1.165, 1.54) is 0 Å². The van der Waals surface area contributed by atoms with Gasteiger partial charge in [0.25, 0.3) is 0 Å². The van der Waals surface area contributed by atoms with Gasteiger partial charge in [0.2, 0.25) is 5.91 Å². The lowest BCUT2D eigenvalue weighted by atomic mass is 9.76. The minimum absolute atomic E-state index is 0.0250. The van der Waals surface area contributed by atoms with E-state index in [4.69, 9.17) is 0 Å². The summed E-state index contributed by atoms with van der Waals surface area (Å²) < 4.78 is 1.80. The van der Waals surface area contributed by atoms with Crippen molar-refractivity contribution in [2.24, 2.45) is 5.41 Å². The molecule has 1 aliphatic carbocycles. The number of piperidine rings is 1. The number of hydrogen-bond acceptors (Lipinski definition) is 3. The van der Waals surface area contributed by atoms with Crippen molar-refractivity contribution in [1.29, 1.82) is 0 Å². The number of rotatable bonds is 2. The summed E-state index contributed by atoms with van der Waals surface area (Å²) >= 11 is 0. The largest absolute Gasteiger partial charge is 0.392 e. The SMILES string of the molecule is O=C(Cn1ccnc1)N1CCC[C@@]2(CCC[C@H]2O)C1. The third kappa shape index (κ3) is 2.39. The van der Waals surface area contributed by atoms with Crippen molar-refractivity contribution in [2.75, 3.05) is 13.1 Å². The molecule has 0 aromatic carbocycles. The Balaban J connectivity index is 1.66. The molecule has 5 nitrogen and oxygen atoms in total. The van der Waals surface area contributed by atoms with E-state index < -0.39 is 0 Å². The molecule has 1 spiro atoms. The van der Waals surface area contributed by atoms with Gasteiger partial charge >= 0.3 is 0 Å². The van der Waals surface area contributed by atoms with Gasteiger partial charge in [-0.25, -0.2) is 4.98 Å². The summed E-state index contributed by atoms with van der Waals surface area (Å²) in [6, 6.07) is 0. The summed E-state index contributed by atoms with van der Waals surface area (Å²) in [5.41, 5.74) is -0.0250. The molecule has 19 heavy (non-hydrogen) atoms. The van der Waals surface area contributed by atoms with Crippen LogP contribution in [0.1, 0.15) is 32.1 Å². The summed E-state index contributed by atoms with van der Waals surface area (Å²) in [4.78, 5) is 18.2. The van der Waals surface area contributed by atoms with Crippen LogP contribution in [0.15, 0.2) is 18.7 Å². The number of nitrogens with zero attached hydrogens (tertiary/aromatic N) is 3. The van der Waals surface area contributed by atoms with Gasteiger partial charge in [-0.05, 0) is 25.7 Å². The van der Waals surface area contributed by atoms with Gasteiger partial charge in [0, 0.05) is 30.9 Å². The lowest BCUT2D eigenvalue weighted by Crippen LogP contribution is -2.50. The molecular weight excluding hydrogens is 242 g/mol. The van der Waals surface area contributed by atoms with Crippen molar-refractivity contribution >= 4 is 5.91 Å². The molecule has 2 heterocycles. The normalized spacial score (nSPS) is 31.0. The fraction of sp³-hybridized carbons (Fsp3) is 0.714. The summed E-state index contributed by atoms with van der Waals surface area (Å²) in [6.07, 6.45) is 10.0. The van der Waals surface area contributed by atoms with E-state index in [2.05, 4.69) is 4.98 Å². The number of likely N-dealkylation sites (tertiary alicyclic amines) is 1. The van der Waals surface area contributed by atoms with Gasteiger partial charge in [0.05, 0.1) is 12.4 Å². The molecule has 0 bridgehead atoms. The lowest BCUT2D eigenvalue weighted by molar-refractivity contribution is -0.137. The summed E-state index contributed by atoms with van der Waals surface area (Å²) in [5.74, 6) is 0.135. The standard InChI is InChI=1S/C14H21N3O2/c18-12-3-1-4-14(12)5-2-7-17(10-14)13(19)9-16-8-6-15-11-16/h6,8,11-12,18H,1-5,7,9-10H2/t12-,14+/m1/s1. The van der Waals surface area contributed by atoms with Crippen molar-refractivity contribution in [3.05, 3.63) is 18.7 Å². The maximum Gasteiger partial charge on any atom is 0.242 e. The third-order valence-corrected chi connectivity index (χ3v) is 4.70. The topological polar surface area (TPSA) is 58.4 Å². The Labute approximate surface area is 113 Å². The molecule has 2 fully saturated rings. The van der Waals surface area contributed by atoms with Crippen molar-refractivity contribution in [2.45, 2.75) is 44.8 Å². The fourth-order valence-electron chi connectivity index (χ4n) is 3.61. The molecule has 0 radical (unpaired) electrons. The molecule has 2 atom stereocenters. The Morgan fingerprint density at radius 1 is 1.42 bits per heavy atom. The van der Waals surface area contributed by atoms with E-state index in [1.54, 1.807) is 17.1 Å². The highest BCUT2D eigenvalue weighted by Crippen LogP contribution is 2.44. The van der Waals surface area contributed by atoms with Crippen molar-refractivity contribution in [3.8, 4) is 0 Å². The van der Waals surface area contributed by atoms with Gasteiger partial charge in [-0.3, -0.25) is 4.79 Å². The minimum atomic E-state index is -0.226. The molecule has 1 aromatic rings. The highest BCUT2D eigenvalue weighted by molar-refractivity contribution is 5.76. The average molecular weight is 263 g/mol. The van der Waals surface area contributed by atoms with Crippen molar-refractivity contribution in [1.82, 2.24) is 14.5 Å². The van der Waals surface area contributed by atoms with Crippen molar-refractivity contribution < 1.29 is 9.90 Å². The first-order valence-corrected chi connectivity index (χ1v) is 7.11. The van der Waals surface area contributed by atoms with Crippen LogP contribution in [0, 0.1) is 5.41 Å². The predicted octanol–water partition coefficient (Wildman–Crippen LogP) is 1.04. The van der Waals surface area contributed by atoms with Crippen LogP contribution in [0.25, 0.3) is 0 Å². The second-order valence-electron chi connectivity index (χ2n) is 5.92. The molecule has 1 aromatic heterocycles. The van der Waals surface area contributed by atoms with Crippen LogP contribution in [-0.2, 0) is 11.3 Å². The number of carbonyl (C=O) groups excluding carboxylic acids is 1. The highest BCUT2D eigenvalue weighted by atomic mass is 16.3. The van der Waals surface area contributed by atoms with Crippen LogP contribution in [0.4, 0.5) is 0 Å². The molecule has 1 N–H and O–H groups in total. The number of imidazole rings is 1. The first-order valence-electron chi connectivity index (χ1n) is 7.11. The summed E-state index contributed by atoms with van der Waals surface area (Å²) in [5, 5.41) is 10.2. The highest BCUT2D eigenvalue weighted by Gasteiger charge is 2.45. The Hall–Kier alpha value is -1.36. The summed E-state index contributed by atoms with van der Waals surface area (Å²) in [6.45, 7) is 1.90. The molecule has 1 aliphatic heterocycles. The molecular formula is C14H21N3O2. The zero-order chi connectivity index (χ0) is 13.3. The van der Waals surface area contributed by atoms with Crippen LogP contribution < -0.4 is 0 Å². The number of carbonyl (C=O) groups is 1. The number of amides is 1. The predicted molar refractivity (Wildman–Crippen MR) is 70.3 cm³/mol. The zero-order valence-corrected chi connectivity index (χ0v) is 11.2. The van der Waals surface area contributed by atoms with Gasteiger partial charge < -0.3 is 14.6 Å². The Bertz CT molecular complexity index is 446. The van der Waals surface area contributed by atoms with E-state index >= 15 is 0 Å². The number of aliphatic hydroxyl groups excluding tert-OH is 1. The maximum atomic E-state index is 12.3. The Kier molecular flexibility index (Phi) is 3.31. The smallest absolute Gasteiger partial charge is 0.242 e. The van der Waals surface area contributed by atoms with Crippen LogP contribution >= 0.6 is 0 Å². The Morgan fingerprint density at radius 2 is 2.26 bits per heavy atom. The van der Waals surface area contributed by atoms with Gasteiger partial charge in [0.15, 0.2) is 0 Å². The quantitative estimate of drug-likeness (QED) is 0.867. The zero-order valence-electron chi connectivity index (χ0n) is 11.2. The van der Waals surface area contributed by atoms with Crippen LogP contribution in [-0.4, -0.2) is 44.7 Å². The van der Waals surface area contributed by atoms with Gasteiger partial charge in [-0.1, -0.05) is 6.42 Å².